The molecule has 0 spiro atoms. The Morgan fingerprint density at radius 2 is 1.76 bits per heavy atom. The molecule has 2 N–H and O–H groups in total. The molecule has 0 unspecified atom stereocenters. The molecule has 0 radical (unpaired) electrons. The lowest BCUT2D eigenvalue weighted by Crippen LogP contribution is -2.16. The van der Waals surface area contributed by atoms with Crippen molar-refractivity contribution in [2.45, 2.75) is 6.42 Å². The number of phenols is 1. The Morgan fingerprint density at radius 1 is 1.10 bits per heavy atom. The lowest BCUT2D eigenvalue weighted by molar-refractivity contribution is -0.115. The van der Waals surface area contributed by atoms with E-state index in [0.717, 1.165) is 0 Å². The molecule has 0 aliphatic rings. The van der Waals surface area contributed by atoms with Crippen LogP contribution in [0.3, 0.4) is 0 Å². The van der Waals surface area contributed by atoms with Gasteiger partial charge >= 0.3 is 0 Å². The second-order valence-corrected chi connectivity index (χ2v) is 4.39. The molecule has 0 aliphatic carbocycles. The van der Waals surface area contributed by atoms with Gasteiger partial charge in [-0.3, -0.25) is 9.59 Å². The number of phenolic OH excluding ortho intramolecular Hbond substituents is 1. The Morgan fingerprint density at radius 3 is 2.38 bits per heavy atom. The topological polar surface area (TPSA) is 75.6 Å². The molecule has 0 heterocycles. The summed E-state index contributed by atoms with van der Waals surface area (Å²) >= 11 is 0. The number of hydrogen-bond acceptors (Lipinski definition) is 4. The smallest absolute Gasteiger partial charge is 0.232 e. The fourth-order valence-electron chi connectivity index (χ4n) is 1.80. The van der Waals surface area contributed by atoms with Crippen molar-refractivity contribution >= 4 is 17.4 Å². The van der Waals surface area contributed by atoms with Crippen molar-refractivity contribution in [3.63, 3.8) is 0 Å². The van der Waals surface area contributed by atoms with E-state index in [1.54, 1.807) is 42.5 Å². The van der Waals surface area contributed by atoms with E-state index in [4.69, 9.17) is 4.74 Å². The Balaban J connectivity index is 1.98. The molecule has 0 atom stereocenters. The molecular formula is C16H15NO4. The van der Waals surface area contributed by atoms with Crippen LogP contribution in [0.25, 0.3) is 0 Å². The van der Waals surface area contributed by atoms with Crippen LogP contribution in [0, 0.1) is 0 Å². The summed E-state index contributed by atoms with van der Waals surface area (Å²) in [6.45, 7) is 0. The van der Waals surface area contributed by atoms with Crippen LogP contribution in [-0.2, 0) is 4.79 Å². The van der Waals surface area contributed by atoms with Gasteiger partial charge in [0.25, 0.3) is 0 Å². The number of carbonyl (C=O) groups excluding carboxylic acids is 2. The van der Waals surface area contributed by atoms with Crippen molar-refractivity contribution in [2.75, 3.05) is 12.4 Å². The third kappa shape index (κ3) is 3.82. The van der Waals surface area contributed by atoms with E-state index in [1.807, 2.05) is 0 Å². The zero-order chi connectivity index (χ0) is 15.2. The Kier molecular flexibility index (Phi) is 4.56. The van der Waals surface area contributed by atoms with E-state index >= 15 is 0 Å². The van der Waals surface area contributed by atoms with Crippen LogP contribution in [0.5, 0.6) is 11.5 Å². The van der Waals surface area contributed by atoms with Gasteiger partial charge in [0.05, 0.1) is 19.2 Å². The summed E-state index contributed by atoms with van der Waals surface area (Å²) in [7, 11) is 1.54. The molecule has 1 amide bonds. The number of ketones is 1. The minimum atomic E-state index is -0.475. The van der Waals surface area contributed by atoms with Crippen molar-refractivity contribution in [1.82, 2.24) is 0 Å². The number of ether oxygens (including phenoxy) is 1. The van der Waals surface area contributed by atoms with E-state index in [0.29, 0.717) is 11.3 Å². The van der Waals surface area contributed by atoms with Gasteiger partial charge in [-0.15, -0.1) is 0 Å². The molecule has 0 saturated carbocycles. The summed E-state index contributed by atoms with van der Waals surface area (Å²) in [6.07, 6.45) is -0.291. The van der Waals surface area contributed by atoms with Crippen molar-refractivity contribution in [2.24, 2.45) is 0 Å². The molecule has 0 fully saturated rings. The largest absolute Gasteiger partial charge is 0.506 e. The summed E-state index contributed by atoms with van der Waals surface area (Å²) in [5, 5.41) is 12.1. The zero-order valence-electron chi connectivity index (χ0n) is 11.5. The highest BCUT2D eigenvalue weighted by Crippen LogP contribution is 2.21. The quantitative estimate of drug-likeness (QED) is 0.503. The number of anilines is 1. The van der Waals surface area contributed by atoms with Crippen LogP contribution >= 0.6 is 0 Å². The Labute approximate surface area is 122 Å². The fraction of sp³-hybridized carbons (Fsp3) is 0.125. The van der Waals surface area contributed by atoms with Gasteiger partial charge in [-0.25, -0.2) is 0 Å². The van der Waals surface area contributed by atoms with Crippen LogP contribution < -0.4 is 10.1 Å². The number of nitrogens with one attached hydrogen (secondary N) is 1. The number of amides is 1. The van der Waals surface area contributed by atoms with E-state index < -0.39 is 5.91 Å². The maximum absolute atomic E-state index is 12.0. The third-order valence-corrected chi connectivity index (χ3v) is 2.91. The van der Waals surface area contributed by atoms with Gasteiger partial charge < -0.3 is 15.2 Å². The van der Waals surface area contributed by atoms with E-state index in [-0.39, 0.29) is 23.6 Å². The van der Waals surface area contributed by atoms with Crippen LogP contribution in [0.1, 0.15) is 16.8 Å². The molecule has 21 heavy (non-hydrogen) atoms. The standard InChI is InChI=1S/C16H15NO4/c1-21-12-8-6-11(7-9-12)15(19)10-16(20)17-13-4-2-3-5-14(13)18/h2-9,18H,10H2,1H3,(H,17,20). The summed E-state index contributed by atoms with van der Waals surface area (Å²) in [5.74, 6) is -0.171. The predicted molar refractivity (Wildman–Crippen MR) is 78.7 cm³/mol. The van der Waals surface area contributed by atoms with Gasteiger partial charge in [0.15, 0.2) is 5.78 Å². The van der Waals surface area contributed by atoms with Gasteiger partial charge in [0, 0.05) is 5.56 Å². The van der Waals surface area contributed by atoms with Gasteiger partial charge in [-0.05, 0) is 36.4 Å². The molecule has 0 saturated heterocycles. The van der Waals surface area contributed by atoms with Crippen LogP contribution in [0.15, 0.2) is 48.5 Å². The van der Waals surface area contributed by atoms with Gasteiger partial charge in [0.1, 0.15) is 11.5 Å². The number of hydrogen-bond donors (Lipinski definition) is 2. The Hall–Kier alpha value is -2.82. The lowest BCUT2D eigenvalue weighted by atomic mass is 10.1. The fourth-order valence-corrected chi connectivity index (χ4v) is 1.80. The average molecular weight is 285 g/mol. The van der Waals surface area contributed by atoms with Crippen molar-refractivity contribution in [1.29, 1.82) is 0 Å². The summed E-state index contributed by atoms with van der Waals surface area (Å²) < 4.78 is 5.00. The van der Waals surface area contributed by atoms with E-state index in [2.05, 4.69) is 5.32 Å². The number of rotatable bonds is 5. The highest BCUT2D eigenvalue weighted by atomic mass is 16.5. The summed E-state index contributed by atoms with van der Waals surface area (Å²) in [4.78, 5) is 23.8. The van der Waals surface area contributed by atoms with Gasteiger partial charge in [-0.1, -0.05) is 12.1 Å². The molecule has 5 nitrogen and oxygen atoms in total. The molecule has 0 aromatic heterocycles. The van der Waals surface area contributed by atoms with Crippen LogP contribution in [-0.4, -0.2) is 23.9 Å². The first-order valence-electron chi connectivity index (χ1n) is 6.35. The Bertz CT molecular complexity index is 650. The lowest BCUT2D eigenvalue weighted by Gasteiger charge is -2.07. The molecule has 5 heteroatoms. The number of carbonyl (C=O) groups is 2. The molecule has 2 aromatic rings. The minimum absolute atomic E-state index is 0.0391. The van der Waals surface area contributed by atoms with Crippen molar-refractivity contribution < 1.29 is 19.4 Å². The second kappa shape index (κ2) is 6.56. The number of Topliss-reactive ketones (excluding diaryl/α,β-unsaturated/α-hetero) is 1. The third-order valence-electron chi connectivity index (χ3n) is 2.91. The van der Waals surface area contributed by atoms with Crippen LogP contribution in [0.4, 0.5) is 5.69 Å². The first-order valence-corrected chi connectivity index (χ1v) is 6.35. The van der Waals surface area contributed by atoms with Crippen molar-refractivity contribution in [3.05, 3.63) is 54.1 Å². The summed E-state index contributed by atoms with van der Waals surface area (Å²) in [5.41, 5.74) is 0.716. The molecule has 108 valence electrons. The number of methoxy groups -OCH3 is 1. The van der Waals surface area contributed by atoms with Crippen LogP contribution in [0.2, 0.25) is 0 Å². The minimum Gasteiger partial charge on any atom is -0.506 e. The first-order chi connectivity index (χ1) is 10.1. The van der Waals surface area contributed by atoms with Gasteiger partial charge in [0.2, 0.25) is 5.91 Å². The SMILES string of the molecule is COc1ccc(C(=O)CC(=O)Nc2ccccc2O)cc1. The van der Waals surface area contributed by atoms with E-state index in [9.17, 15) is 14.7 Å². The van der Waals surface area contributed by atoms with E-state index in [1.165, 1.54) is 13.2 Å². The second-order valence-electron chi connectivity index (χ2n) is 4.39. The first kappa shape index (κ1) is 14.6. The summed E-state index contributed by atoms with van der Waals surface area (Å²) in [6, 6.07) is 12.9. The molecule has 2 aromatic carbocycles. The molecule has 0 bridgehead atoms. The monoisotopic (exact) mass is 285 g/mol. The highest BCUT2D eigenvalue weighted by molar-refractivity contribution is 6.11. The molecular weight excluding hydrogens is 270 g/mol. The normalized spacial score (nSPS) is 9.95. The highest BCUT2D eigenvalue weighted by Gasteiger charge is 2.13. The number of para-hydroxylation sites is 2. The predicted octanol–water partition coefficient (Wildman–Crippen LogP) is 2.61. The number of benzene rings is 2. The molecule has 0 aliphatic heterocycles. The van der Waals surface area contributed by atoms with Gasteiger partial charge in [-0.2, -0.15) is 0 Å². The maximum atomic E-state index is 12.0. The average Bonchev–Trinajstić information content (AvgIpc) is 2.49. The maximum Gasteiger partial charge on any atom is 0.232 e. The van der Waals surface area contributed by atoms with Crippen molar-refractivity contribution in [3.8, 4) is 11.5 Å². The number of aromatic hydroxyl groups is 1. The zero-order valence-corrected chi connectivity index (χ0v) is 11.5. The molecule has 2 rings (SSSR count).